The summed E-state index contributed by atoms with van der Waals surface area (Å²) in [6, 6.07) is 7.41. The molecule has 1 amide bonds. The van der Waals surface area contributed by atoms with Crippen molar-refractivity contribution in [2.75, 3.05) is 4.90 Å². The number of carbonyl (C=O) groups is 1. The van der Waals surface area contributed by atoms with Crippen LogP contribution in [0.15, 0.2) is 39.5 Å². The lowest BCUT2D eigenvalue weighted by Crippen LogP contribution is -2.29. The fourth-order valence-electron chi connectivity index (χ4n) is 3.77. The van der Waals surface area contributed by atoms with E-state index in [9.17, 15) is 9.59 Å². The van der Waals surface area contributed by atoms with Gasteiger partial charge in [-0.1, -0.05) is 59.1 Å². The molecule has 1 aliphatic heterocycles. The number of hydrogen-bond donors (Lipinski definition) is 0. The maximum absolute atomic E-state index is 13.6. The number of aromatic nitrogens is 2. The van der Waals surface area contributed by atoms with E-state index in [1.165, 1.54) is 16.2 Å². The lowest BCUT2D eigenvalue weighted by molar-refractivity contribution is 0.0970. The first kappa shape index (κ1) is 21.4. The molecule has 0 saturated carbocycles. The van der Waals surface area contributed by atoms with Gasteiger partial charge in [-0.25, -0.2) is 0 Å². The first-order chi connectivity index (χ1) is 15.3. The van der Waals surface area contributed by atoms with Gasteiger partial charge in [0.2, 0.25) is 10.9 Å². The minimum Gasteiger partial charge on any atom is -0.450 e. The Bertz CT molecular complexity index is 1480. The van der Waals surface area contributed by atoms with Crippen molar-refractivity contribution in [2.24, 2.45) is 0 Å². The smallest absolute Gasteiger partial charge is 0.297 e. The Hall–Kier alpha value is -2.45. The third-order valence-electron chi connectivity index (χ3n) is 5.38. The molecule has 0 spiro atoms. The molecule has 0 N–H and O–H groups in total. The number of amides is 1. The molecule has 0 aliphatic carbocycles. The molecular weight excluding hydrogens is 493 g/mol. The van der Waals surface area contributed by atoms with Crippen molar-refractivity contribution in [3.8, 4) is 0 Å². The van der Waals surface area contributed by atoms with Crippen LogP contribution in [0.1, 0.15) is 45.2 Å². The van der Waals surface area contributed by atoms with E-state index in [4.69, 9.17) is 39.2 Å². The Labute approximate surface area is 201 Å². The number of benzene rings is 2. The molecule has 10 heteroatoms. The maximum atomic E-state index is 13.6. The molecule has 0 fully saturated rings. The number of rotatable bonds is 3. The van der Waals surface area contributed by atoms with E-state index >= 15 is 0 Å². The molecule has 6 nitrogen and oxygen atoms in total. The lowest BCUT2D eigenvalue weighted by Gasteiger charge is -2.22. The molecule has 32 heavy (non-hydrogen) atoms. The van der Waals surface area contributed by atoms with Crippen LogP contribution in [0.2, 0.25) is 15.1 Å². The van der Waals surface area contributed by atoms with Gasteiger partial charge < -0.3 is 4.42 Å². The van der Waals surface area contributed by atoms with E-state index in [0.29, 0.717) is 43.2 Å². The number of fused-ring (bicyclic) bond motifs is 2. The quantitative estimate of drug-likeness (QED) is 0.329. The van der Waals surface area contributed by atoms with Crippen LogP contribution in [-0.2, 0) is 6.42 Å². The molecule has 4 aromatic rings. The van der Waals surface area contributed by atoms with E-state index in [-0.39, 0.29) is 16.8 Å². The van der Waals surface area contributed by atoms with Gasteiger partial charge in [-0.05, 0) is 48.7 Å². The summed E-state index contributed by atoms with van der Waals surface area (Å²) >= 11 is 19.9. The zero-order chi connectivity index (χ0) is 22.7. The van der Waals surface area contributed by atoms with Gasteiger partial charge in [-0.3, -0.25) is 14.5 Å². The van der Waals surface area contributed by atoms with E-state index in [1.54, 1.807) is 37.3 Å². The van der Waals surface area contributed by atoms with Crippen molar-refractivity contribution in [1.29, 1.82) is 0 Å². The summed E-state index contributed by atoms with van der Waals surface area (Å²) in [6.07, 6.45) is 0.670. The summed E-state index contributed by atoms with van der Waals surface area (Å²) in [6.45, 7) is 3.75. The molecule has 1 atom stereocenters. The molecule has 2 aromatic carbocycles. The van der Waals surface area contributed by atoms with Crippen LogP contribution in [0.5, 0.6) is 0 Å². The molecule has 1 aliphatic rings. The molecule has 2 aromatic heterocycles. The Kier molecular flexibility index (Phi) is 5.25. The van der Waals surface area contributed by atoms with Gasteiger partial charge in [0.15, 0.2) is 5.43 Å². The second-order valence-electron chi connectivity index (χ2n) is 7.35. The Morgan fingerprint density at radius 3 is 2.53 bits per heavy atom. The van der Waals surface area contributed by atoms with Crippen molar-refractivity contribution in [3.63, 3.8) is 0 Å². The van der Waals surface area contributed by atoms with Gasteiger partial charge in [-0.15, -0.1) is 10.2 Å². The molecule has 1 unspecified atom stereocenters. The van der Waals surface area contributed by atoms with Gasteiger partial charge in [-0.2, -0.15) is 0 Å². The second-order valence-corrected chi connectivity index (χ2v) is 9.62. The SMILES string of the molecule is CCc1nnc(N2C(=O)c3oc4cc(C)c(Cl)cc4c(=O)c3C2c2ccc(Cl)c(Cl)c2)s1. The lowest BCUT2D eigenvalue weighted by atomic mass is 9.98. The van der Waals surface area contributed by atoms with E-state index in [1.807, 2.05) is 6.92 Å². The fourth-order valence-corrected chi connectivity index (χ4v) is 5.05. The van der Waals surface area contributed by atoms with Gasteiger partial charge in [0.05, 0.1) is 27.0 Å². The maximum Gasteiger partial charge on any atom is 0.297 e. The first-order valence-electron chi connectivity index (χ1n) is 9.68. The molecule has 0 bridgehead atoms. The normalized spacial score (nSPS) is 15.6. The van der Waals surface area contributed by atoms with Crippen LogP contribution in [0.4, 0.5) is 5.13 Å². The Balaban J connectivity index is 1.82. The minimum atomic E-state index is -0.800. The summed E-state index contributed by atoms with van der Waals surface area (Å²) in [7, 11) is 0. The summed E-state index contributed by atoms with van der Waals surface area (Å²) in [4.78, 5) is 28.6. The van der Waals surface area contributed by atoms with Crippen molar-refractivity contribution in [2.45, 2.75) is 26.3 Å². The van der Waals surface area contributed by atoms with E-state index < -0.39 is 11.9 Å². The van der Waals surface area contributed by atoms with Crippen molar-refractivity contribution in [1.82, 2.24) is 10.2 Å². The van der Waals surface area contributed by atoms with Crippen LogP contribution in [0.25, 0.3) is 11.0 Å². The monoisotopic (exact) mass is 505 g/mol. The summed E-state index contributed by atoms with van der Waals surface area (Å²) < 4.78 is 5.97. The fraction of sp³-hybridized carbons (Fsp3) is 0.182. The highest BCUT2D eigenvalue weighted by atomic mass is 35.5. The summed E-state index contributed by atoms with van der Waals surface area (Å²) in [5, 5.41) is 10.9. The van der Waals surface area contributed by atoms with Gasteiger partial charge in [0.25, 0.3) is 5.91 Å². The number of nitrogens with zero attached hydrogens (tertiary/aromatic N) is 3. The second kappa shape index (κ2) is 7.85. The van der Waals surface area contributed by atoms with Crippen LogP contribution in [0.3, 0.4) is 0 Å². The van der Waals surface area contributed by atoms with Crippen LogP contribution in [0, 0.1) is 6.92 Å². The number of anilines is 1. The average molecular weight is 507 g/mol. The predicted octanol–water partition coefficient (Wildman–Crippen LogP) is 6.23. The number of halogens is 3. The van der Waals surface area contributed by atoms with Crippen molar-refractivity contribution >= 4 is 68.1 Å². The van der Waals surface area contributed by atoms with Gasteiger partial charge >= 0.3 is 0 Å². The molecule has 3 heterocycles. The highest BCUT2D eigenvalue weighted by molar-refractivity contribution is 7.15. The van der Waals surface area contributed by atoms with Gasteiger partial charge in [0, 0.05) is 5.02 Å². The minimum absolute atomic E-state index is 0.0338. The number of carbonyl (C=O) groups excluding carboxylic acids is 1. The summed E-state index contributed by atoms with van der Waals surface area (Å²) in [5.41, 5.74) is 1.50. The number of hydrogen-bond acceptors (Lipinski definition) is 6. The molecule has 0 saturated heterocycles. The third-order valence-corrected chi connectivity index (χ3v) is 7.59. The third kappa shape index (κ3) is 3.23. The largest absolute Gasteiger partial charge is 0.450 e. The van der Waals surface area contributed by atoms with E-state index in [0.717, 1.165) is 10.6 Å². The zero-order valence-electron chi connectivity index (χ0n) is 16.8. The molecule has 162 valence electrons. The van der Waals surface area contributed by atoms with Gasteiger partial charge in [0.1, 0.15) is 10.6 Å². The number of aryl methyl sites for hydroxylation is 2. The summed E-state index contributed by atoms with van der Waals surface area (Å²) in [5.74, 6) is -0.505. The topological polar surface area (TPSA) is 76.3 Å². The molecule has 5 rings (SSSR count). The standard InChI is InChI=1S/C22H14Cl3N3O3S/c1-3-16-26-27-22(32-16)28-18(10-4-5-12(23)14(25)7-10)17-19(29)11-8-13(24)9(2)6-15(11)31-20(17)21(28)30/h4-8,18H,3H2,1-2H3. The Morgan fingerprint density at radius 2 is 1.84 bits per heavy atom. The Morgan fingerprint density at radius 1 is 1.06 bits per heavy atom. The molecular formula is C22H14Cl3N3O3S. The predicted molar refractivity (Wildman–Crippen MR) is 127 cm³/mol. The van der Waals surface area contributed by atoms with Crippen molar-refractivity contribution in [3.05, 3.63) is 83.1 Å². The van der Waals surface area contributed by atoms with Crippen LogP contribution < -0.4 is 10.3 Å². The first-order valence-corrected chi connectivity index (χ1v) is 11.6. The zero-order valence-corrected chi connectivity index (χ0v) is 19.9. The average Bonchev–Trinajstić information content (AvgIpc) is 3.34. The highest BCUT2D eigenvalue weighted by Gasteiger charge is 2.45. The highest BCUT2D eigenvalue weighted by Crippen LogP contribution is 2.43. The van der Waals surface area contributed by atoms with E-state index in [2.05, 4.69) is 10.2 Å². The van der Waals surface area contributed by atoms with Crippen LogP contribution >= 0.6 is 46.1 Å². The van der Waals surface area contributed by atoms with Crippen molar-refractivity contribution < 1.29 is 9.21 Å². The molecule has 0 radical (unpaired) electrons. The van der Waals surface area contributed by atoms with Crippen LogP contribution in [-0.4, -0.2) is 16.1 Å².